The van der Waals surface area contributed by atoms with Crippen molar-refractivity contribution >= 4 is 17.2 Å². The second kappa shape index (κ2) is 7.79. The first kappa shape index (κ1) is 18.5. The number of hydrogen-bond donors (Lipinski definition) is 1. The molecule has 0 saturated carbocycles. The van der Waals surface area contributed by atoms with Gasteiger partial charge >= 0.3 is 0 Å². The summed E-state index contributed by atoms with van der Waals surface area (Å²) in [6.45, 7) is 8.69. The van der Waals surface area contributed by atoms with Gasteiger partial charge in [-0.1, -0.05) is 32.0 Å². The molecule has 1 N–H and O–H groups in total. The number of carbonyl (C=O) groups is 1. The molecule has 0 radical (unpaired) electrons. The number of methoxy groups -OCH3 is 1. The van der Waals surface area contributed by atoms with Crippen LogP contribution in [0.15, 0.2) is 29.6 Å². The maximum atomic E-state index is 12.7. The Kier molecular flexibility index (Phi) is 5.99. The highest BCUT2D eigenvalue weighted by Gasteiger charge is 2.32. The first-order chi connectivity index (χ1) is 11.4. The summed E-state index contributed by atoms with van der Waals surface area (Å²) in [5, 5.41) is 6.19. The van der Waals surface area contributed by atoms with Crippen molar-refractivity contribution in [2.75, 3.05) is 13.7 Å². The smallest absolute Gasteiger partial charge is 0.230 e. The molecule has 130 valence electrons. The van der Waals surface area contributed by atoms with E-state index in [1.165, 1.54) is 0 Å². The average Bonchev–Trinajstić information content (AvgIpc) is 3.03. The van der Waals surface area contributed by atoms with E-state index in [0.717, 1.165) is 28.4 Å². The molecule has 0 spiro atoms. The number of aromatic nitrogens is 1. The van der Waals surface area contributed by atoms with Crippen molar-refractivity contribution in [2.45, 2.75) is 45.4 Å². The monoisotopic (exact) mass is 346 g/mol. The molecule has 0 aliphatic rings. The van der Waals surface area contributed by atoms with Gasteiger partial charge in [-0.05, 0) is 25.8 Å². The van der Waals surface area contributed by atoms with Crippen LogP contribution in [0, 0.1) is 0 Å². The van der Waals surface area contributed by atoms with Gasteiger partial charge in [0.05, 0.1) is 23.2 Å². The third kappa shape index (κ3) is 4.15. The molecule has 1 aromatic carbocycles. The molecule has 0 unspecified atom stereocenters. The Bertz CT molecular complexity index is 692. The first-order valence-electron chi connectivity index (χ1n) is 8.22. The predicted octanol–water partition coefficient (Wildman–Crippen LogP) is 3.91. The van der Waals surface area contributed by atoms with E-state index in [2.05, 4.69) is 29.5 Å². The van der Waals surface area contributed by atoms with Gasteiger partial charge in [0.1, 0.15) is 5.75 Å². The van der Waals surface area contributed by atoms with Gasteiger partial charge in [0.25, 0.3) is 0 Å². The molecule has 2 rings (SSSR count). The minimum Gasteiger partial charge on any atom is -0.496 e. The van der Waals surface area contributed by atoms with Crippen LogP contribution in [0.2, 0.25) is 0 Å². The molecule has 0 aliphatic heterocycles. The number of ether oxygens (including phenoxy) is 1. The SMILES string of the molecule is COc1ccccc1C(C)(C)C(=O)NCCc1nc(C(C)C)cs1. The maximum absolute atomic E-state index is 12.7. The largest absolute Gasteiger partial charge is 0.496 e. The van der Waals surface area contributed by atoms with Gasteiger partial charge in [0, 0.05) is 23.9 Å². The Hall–Kier alpha value is -1.88. The Morgan fingerprint density at radius 1 is 1.33 bits per heavy atom. The molecule has 1 aromatic heterocycles. The van der Waals surface area contributed by atoms with Crippen molar-refractivity contribution in [3.8, 4) is 5.75 Å². The second-order valence-corrected chi connectivity index (χ2v) is 7.59. The normalized spacial score (nSPS) is 11.6. The van der Waals surface area contributed by atoms with Gasteiger partial charge in [0.15, 0.2) is 0 Å². The van der Waals surface area contributed by atoms with E-state index in [4.69, 9.17) is 4.74 Å². The van der Waals surface area contributed by atoms with Crippen molar-refractivity contribution in [1.29, 1.82) is 0 Å². The summed E-state index contributed by atoms with van der Waals surface area (Å²) < 4.78 is 5.39. The topological polar surface area (TPSA) is 51.2 Å². The summed E-state index contributed by atoms with van der Waals surface area (Å²) in [4.78, 5) is 17.3. The van der Waals surface area contributed by atoms with Gasteiger partial charge < -0.3 is 10.1 Å². The number of benzene rings is 1. The molecule has 1 amide bonds. The third-order valence-corrected chi connectivity index (χ3v) is 5.06. The quantitative estimate of drug-likeness (QED) is 0.827. The zero-order valence-electron chi connectivity index (χ0n) is 15.1. The molecule has 4 nitrogen and oxygen atoms in total. The lowest BCUT2D eigenvalue weighted by Crippen LogP contribution is -2.41. The van der Waals surface area contributed by atoms with Crippen molar-refractivity contribution in [3.05, 3.63) is 45.9 Å². The van der Waals surface area contributed by atoms with Crippen LogP contribution in [-0.2, 0) is 16.6 Å². The fourth-order valence-corrected chi connectivity index (χ4v) is 3.45. The van der Waals surface area contributed by atoms with Crippen LogP contribution in [0.1, 0.15) is 49.9 Å². The third-order valence-electron chi connectivity index (χ3n) is 4.13. The van der Waals surface area contributed by atoms with Crippen LogP contribution in [0.5, 0.6) is 5.75 Å². The number of nitrogens with zero attached hydrogens (tertiary/aromatic N) is 1. The summed E-state index contributed by atoms with van der Waals surface area (Å²) in [6.07, 6.45) is 0.755. The van der Waals surface area contributed by atoms with E-state index >= 15 is 0 Å². The van der Waals surface area contributed by atoms with Crippen molar-refractivity contribution in [1.82, 2.24) is 10.3 Å². The van der Waals surface area contributed by atoms with Crippen molar-refractivity contribution in [3.63, 3.8) is 0 Å². The fourth-order valence-electron chi connectivity index (χ4n) is 2.49. The minimum absolute atomic E-state index is 0.00682. The first-order valence-corrected chi connectivity index (χ1v) is 9.10. The van der Waals surface area contributed by atoms with Crippen molar-refractivity contribution < 1.29 is 9.53 Å². The molecule has 0 fully saturated rings. The number of carbonyl (C=O) groups excluding carboxylic acids is 1. The van der Waals surface area contributed by atoms with E-state index in [-0.39, 0.29) is 5.91 Å². The second-order valence-electron chi connectivity index (χ2n) is 6.65. The summed E-state index contributed by atoms with van der Waals surface area (Å²) in [5.74, 6) is 1.17. The Morgan fingerprint density at radius 3 is 2.67 bits per heavy atom. The molecule has 1 heterocycles. The average molecular weight is 346 g/mol. The van der Waals surface area contributed by atoms with Gasteiger partial charge in [-0.15, -0.1) is 11.3 Å². The predicted molar refractivity (Wildman–Crippen MR) is 98.9 cm³/mol. The highest BCUT2D eigenvalue weighted by molar-refractivity contribution is 7.09. The van der Waals surface area contributed by atoms with E-state index in [1.807, 2.05) is 38.1 Å². The number of para-hydroxylation sites is 1. The molecule has 0 aliphatic carbocycles. The maximum Gasteiger partial charge on any atom is 0.230 e. The van der Waals surface area contributed by atoms with Gasteiger partial charge in [-0.25, -0.2) is 4.98 Å². The number of rotatable bonds is 7. The van der Waals surface area contributed by atoms with Crippen LogP contribution >= 0.6 is 11.3 Å². The van der Waals surface area contributed by atoms with E-state index < -0.39 is 5.41 Å². The van der Waals surface area contributed by atoms with E-state index in [9.17, 15) is 4.79 Å². The zero-order chi connectivity index (χ0) is 17.7. The molecule has 0 bridgehead atoms. The highest BCUT2D eigenvalue weighted by Crippen LogP contribution is 2.31. The lowest BCUT2D eigenvalue weighted by Gasteiger charge is -2.26. The molecule has 0 saturated heterocycles. The molecular formula is C19H26N2O2S. The molecular weight excluding hydrogens is 320 g/mol. The van der Waals surface area contributed by atoms with Crippen LogP contribution in [0.4, 0.5) is 0 Å². The Morgan fingerprint density at radius 2 is 2.04 bits per heavy atom. The summed E-state index contributed by atoms with van der Waals surface area (Å²) in [7, 11) is 1.63. The fraction of sp³-hybridized carbons (Fsp3) is 0.474. The standard InChI is InChI=1S/C19H26N2O2S/c1-13(2)15-12-24-17(21-15)10-11-20-18(22)19(3,4)14-8-6-7-9-16(14)23-5/h6-9,12-13H,10-11H2,1-5H3,(H,20,22). The summed E-state index contributed by atoms with van der Waals surface area (Å²) in [6, 6.07) is 7.66. The zero-order valence-corrected chi connectivity index (χ0v) is 15.9. The number of nitrogens with one attached hydrogen (secondary N) is 1. The Balaban J connectivity index is 1.97. The molecule has 0 atom stereocenters. The lowest BCUT2D eigenvalue weighted by molar-refractivity contribution is -0.125. The summed E-state index contributed by atoms with van der Waals surface area (Å²) >= 11 is 1.66. The van der Waals surface area contributed by atoms with Gasteiger partial charge in [-0.3, -0.25) is 4.79 Å². The van der Waals surface area contributed by atoms with E-state index in [0.29, 0.717) is 12.5 Å². The minimum atomic E-state index is -0.654. The van der Waals surface area contributed by atoms with Crippen LogP contribution in [0.3, 0.4) is 0 Å². The van der Waals surface area contributed by atoms with Gasteiger partial charge in [0.2, 0.25) is 5.91 Å². The van der Waals surface area contributed by atoms with Crippen LogP contribution in [0.25, 0.3) is 0 Å². The Labute approximate surface area is 148 Å². The molecule has 5 heteroatoms. The number of thiazole rings is 1. The highest BCUT2D eigenvalue weighted by atomic mass is 32.1. The van der Waals surface area contributed by atoms with E-state index in [1.54, 1.807) is 18.4 Å². The van der Waals surface area contributed by atoms with Crippen LogP contribution < -0.4 is 10.1 Å². The molecule has 2 aromatic rings. The van der Waals surface area contributed by atoms with Crippen LogP contribution in [-0.4, -0.2) is 24.5 Å². The lowest BCUT2D eigenvalue weighted by atomic mass is 9.83. The van der Waals surface area contributed by atoms with Crippen molar-refractivity contribution in [2.24, 2.45) is 0 Å². The number of hydrogen-bond acceptors (Lipinski definition) is 4. The van der Waals surface area contributed by atoms with Gasteiger partial charge in [-0.2, -0.15) is 0 Å². The number of amides is 1. The molecule has 24 heavy (non-hydrogen) atoms. The summed E-state index contributed by atoms with van der Waals surface area (Å²) in [5.41, 5.74) is 1.36.